The van der Waals surface area contributed by atoms with E-state index < -0.39 is 126 Å². The molecule has 2 aliphatic rings. The molecule has 0 aliphatic carbocycles. The van der Waals surface area contributed by atoms with Crippen molar-refractivity contribution in [2.75, 3.05) is 20.7 Å². The van der Waals surface area contributed by atoms with Crippen LogP contribution in [-0.4, -0.2) is 137 Å². The highest BCUT2D eigenvalue weighted by molar-refractivity contribution is 6.06. The maximum absolute atomic E-state index is 14.6. The molecule has 2 heterocycles. The number of carbonyl (C=O) groups is 8. The molecule has 0 unspecified atom stereocenters. The SMILES string of the molecule is CC[C@H](C)[C@H]1NC(=O)[C@@H](NC(=O)OC(C)(C)C)[C@@H](C)OC(=O)[C@H](Cc2ccc(OC)cc2)N(C)C(=O)[C@@H]2CCCN2C(=O)[C@H](CC(C)C)NC(=O)[C@@H](C)C(=O)[C@H](C(C)C)NC(=O)C[C@@H]1O. The number of ketones is 1. The van der Waals surface area contributed by atoms with Crippen molar-refractivity contribution in [1.29, 1.82) is 0 Å². The van der Waals surface area contributed by atoms with Gasteiger partial charge >= 0.3 is 12.1 Å². The molecule has 18 nitrogen and oxygen atoms in total. The third-order valence-electron chi connectivity index (χ3n) is 12.0. The van der Waals surface area contributed by atoms with Gasteiger partial charge in [-0.25, -0.2) is 9.59 Å². The number of amides is 6. The molecule has 0 saturated carbocycles. The van der Waals surface area contributed by atoms with Crippen LogP contribution in [-0.2, 0) is 49.5 Å². The number of hydrogen-bond donors (Lipinski definition) is 5. The average molecular weight is 915 g/mol. The number of nitrogens with zero attached hydrogens (tertiary/aromatic N) is 2. The maximum Gasteiger partial charge on any atom is 0.408 e. The van der Waals surface area contributed by atoms with Gasteiger partial charge in [0.2, 0.25) is 29.5 Å². The number of ether oxygens (including phenoxy) is 3. The van der Waals surface area contributed by atoms with Crippen LogP contribution in [0.3, 0.4) is 0 Å². The highest BCUT2D eigenvalue weighted by atomic mass is 16.6. The van der Waals surface area contributed by atoms with Crippen LogP contribution < -0.4 is 26.0 Å². The summed E-state index contributed by atoms with van der Waals surface area (Å²) in [5.41, 5.74) is -0.365. The van der Waals surface area contributed by atoms with E-state index in [0.717, 1.165) is 0 Å². The molecule has 5 N–H and O–H groups in total. The Balaban J connectivity index is 2.21. The molecule has 2 fully saturated rings. The summed E-state index contributed by atoms with van der Waals surface area (Å²) in [4.78, 5) is 115. The number of carbonyl (C=O) groups excluding carboxylic acids is 8. The summed E-state index contributed by atoms with van der Waals surface area (Å²) in [5.74, 6) is -6.76. The maximum atomic E-state index is 14.6. The number of aliphatic hydroxyl groups excluding tert-OH is 1. The van der Waals surface area contributed by atoms with Crippen molar-refractivity contribution in [2.45, 2.75) is 169 Å². The lowest BCUT2D eigenvalue weighted by atomic mass is 9.89. The fourth-order valence-corrected chi connectivity index (χ4v) is 8.03. The topological polar surface area (TPSA) is 239 Å². The zero-order chi connectivity index (χ0) is 49.1. The molecule has 1 aromatic carbocycles. The van der Waals surface area contributed by atoms with Gasteiger partial charge in [-0.15, -0.1) is 0 Å². The van der Waals surface area contributed by atoms with Gasteiger partial charge in [0.15, 0.2) is 5.78 Å². The molecule has 3 rings (SSSR count). The molecule has 10 atom stereocenters. The van der Waals surface area contributed by atoms with E-state index in [0.29, 0.717) is 24.2 Å². The molecule has 2 saturated heterocycles. The minimum absolute atomic E-state index is 0.0610. The lowest BCUT2D eigenvalue weighted by molar-refractivity contribution is -0.162. The quantitative estimate of drug-likeness (QED) is 0.178. The Bertz CT molecular complexity index is 1850. The lowest BCUT2D eigenvalue weighted by Gasteiger charge is -2.35. The van der Waals surface area contributed by atoms with Crippen molar-refractivity contribution in [3.8, 4) is 5.75 Å². The molecule has 0 bridgehead atoms. The first-order valence-corrected chi connectivity index (χ1v) is 22.8. The van der Waals surface area contributed by atoms with Crippen molar-refractivity contribution in [1.82, 2.24) is 31.1 Å². The molecule has 6 amide bonds. The Morgan fingerprint density at radius 3 is 2.12 bits per heavy atom. The second-order valence-corrected chi connectivity index (χ2v) is 19.3. The van der Waals surface area contributed by atoms with E-state index in [9.17, 15) is 43.5 Å². The predicted octanol–water partition coefficient (Wildman–Crippen LogP) is 3.05. The number of fused-ring (bicyclic) bond motifs is 1. The highest BCUT2D eigenvalue weighted by Crippen LogP contribution is 2.25. The Morgan fingerprint density at radius 1 is 0.938 bits per heavy atom. The van der Waals surface area contributed by atoms with E-state index in [4.69, 9.17) is 14.2 Å². The number of nitrogens with one attached hydrogen (secondary N) is 4. The third-order valence-corrected chi connectivity index (χ3v) is 12.0. The average Bonchev–Trinajstić information content (AvgIpc) is 3.72. The fourth-order valence-electron chi connectivity index (χ4n) is 8.03. The Hall–Kier alpha value is -5.26. The molecule has 0 radical (unpaired) electrons. The Kier molecular flexibility index (Phi) is 19.8. The second kappa shape index (κ2) is 23.8. The van der Waals surface area contributed by atoms with Gasteiger partial charge in [-0.3, -0.25) is 28.8 Å². The number of benzene rings is 1. The van der Waals surface area contributed by atoms with Gasteiger partial charge in [0.25, 0.3) is 0 Å². The lowest BCUT2D eigenvalue weighted by Crippen LogP contribution is -2.60. The largest absolute Gasteiger partial charge is 0.497 e. The summed E-state index contributed by atoms with van der Waals surface area (Å²) in [7, 11) is 2.93. The summed E-state index contributed by atoms with van der Waals surface area (Å²) in [6.07, 6.45) is -3.20. The van der Waals surface area contributed by atoms with E-state index in [2.05, 4.69) is 21.3 Å². The summed E-state index contributed by atoms with van der Waals surface area (Å²) in [6, 6.07) is -0.484. The highest BCUT2D eigenvalue weighted by Gasteiger charge is 2.44. The van der Waals surface area contributed by atoms with E-state index in [1.807, 2.05) is 20.8 Å². The van der Waals surface area contributed by atoms with Gasteiger partial charge in [-0.05, 0) is 89.3 Å². The predicted molar refractivity (Wildman–Crippen MR) is 241 cm³/mol. The van der Waals surface area contributed by atoms with Gasteiger partial charge in [0.05, 0.1) is 37.6 Å². The van der Waals surface area contributed by atoms with Crippen molar-refractivity contribution < 1.29 is 57.7 Å². The van der Waals surface area contributed by atoms with Gasteiger partial charge in [-0.2, -0.15) is 0 Å². The molecule has 0 aromatic heterocycles. The number of Topliss-reactive ketones (excluding diaryl/α,β-unsaturated/α-hetero) is 1. The summed E-state index contributed by atoms with van der Waals surface area (Å²) in [5, 5.41) is 22.3. The number of hydrogen-bond acceptors (Lipinski definition) is 12. The standard InChI is InChI=1S/C47H74N6O12/c1-14-27(6)38-35(54)24-36(55)49-37(26(4)5)40(56)28(7)41(57)48-32(22-25(2)3)43(59)53-21-15-16-33(53)44(60)52(12)34(23-30-17-19-31(63-13)20-18-30)45(61)64-29(8)39(42(58)50-38)51-46(62)65-47(9,10)11/h17-20,25-29,32-35,37-39,54H,14-16,21-24H2,1-13H3,(H,48,57)(H,49,55)(H,50,58)(H,51,62)/t27-,28-,29+,32-,33-,34-,35-,37-,38+,39-/m0/s1. The minimum Gasteiger partial charge on any atom is -0.497 e. The van der Waals surface area contributed by atoms with Crippen molar-refractivity contribution in [2.24, 2.45) is 23.7 Å². The zero-order valence-corrected chi connectivity index (χ0v) is 40.5. The summed E-state index contributed by atoms with van der Waals surface area (Å²) >= 11 is 0. The number of rotatable bonds is 9. The van der Waals surface area contributed by atoms with E-state index in [1.165, 1.54) is 37.8 Å². The van der Waals surface area contributed by atoms with Crippen LogP contribution in [0.5, 0.6) is 5.75 Å². The normalized spacial score (nSPS) is 27.9. The number of cyclic esters (lactones) is 1. The molecule has 2 aliphatic heterocycles. The van der Waals surface area contributed by atoms with E-state index >= 15 is 0 Å². The van der Waals surface area contributed by atoms with Crippen LogP contribution in [0.1, 0.15) is 114 Å². The van der Waals surface area contributed by atoms with Crippen molar-refractivity contribution >= 4 is 47.4 Å². The number of alkyl carbamates (subject to hydrolysis) is 1. The van der Waals surface area contributed by atoms with Crippen LogP contribution in [0.15, 0.2) is 24.3 Å². The second-order valence-electron chi connectivity index (χ2n) is 19.3. The van der Waals surface area contributed by atoms with Crippen LogP contribution in [0.25, 0.3) is 0 Å². The van der Waals surface area contributed by atoms with Gasteiger partial charge in [-0.1, -0.05) is 60.1 Å². The van der Waals surface area contributed by atoms with Crippen molar-refractivity contribution in [3.05, 3.63) is 29.8 Å². The molecule has 0 spiro atoms. The van der Waals surface area contributed by atoms with Crippen molar-refractivity contribution in [3.63, 3.8) is 0 Å². The van der Waals surface area contributed by atoms with Crippen LogP contribution >= 0.6 is 0 Å². The number of methoxy groups -OCH3 is 1. The number of aliphatic hydroxyl groups is 1. The smallest absolute Gasteiger partial charge is 0.408 e. The van der Waals surface area contributed by atoms with Gasteiger partial charge in [0.1, 0.15) is 41.6 Å². The first-order valence-electron chi connectivity index (χ1n) is 22.8. The number of likely N-dealkylation sites (N-methyl/N-ethyl adjacent to an activating group) is 1. The Labute approximate surface area is 384 Å². The van der Waals surface area contributed by atoms with Crippen LogP contribution in [0.2, 0.25) is 0 Å². The molecule has 364 valence electrons. The monoisotopic (exact) mass is 915 g/mol. The molecular formula is C47H74N6O12. The minimum atomic E-state index is -1.61. The fraction of sp³-hybridized carbons (Fsp3) is 0.702. The van der Waals surface area contributed by atoms with E-state index in [1.54, 1.807) is 65.8 Å². The molecule has 65 heavy (non-hydrogen) atoms. The van der Waals surface area contributed by atoms with Gasteiger partial charge < -0.3 is 50.4 Å². The summed E-state index contributed by atoms with van der Waals surface area (Å²) < 4.78 is 16.8. The van der Waals surface area contributed by atoms with Gasteiger partial charge in [0, 0.05) is 20.0 Å². The zero-order valence-electron chi connectivity index (χ0n) is 40.5. The van der Waals surface area contributed by atoms with E-state index in [-0.39, 0.29) is 31.7 Å². The Morgan fingerprint density at radius 2 is 1.57 bits per heavy atom. The molecular weight excluding hydrogens is 841 g/mol. The van der Waals surface area contributed by atoms with Crippen LogP contribution in [0.4, 0.5) is 4.79 Å². The first-order chi connectivity index (χ1) is 30.3. The molecule has 1 aromatic rings. The third kappa shape index (κ3) is 15.1. The summed E-state index contributed by atoms with van der Waals surface area (Å²) in [6.45, 7) is 18.5. The first kappa shape index (κ1) is 54.1. The number of esters is 1. The molecule has 18 heteroatoms. The van der Waals surface area contributed by atoms with Crippen LogP contribution in [0, 0.1) is 23.7 Å².